The van der Waals surface area contributed by atoms with Crippen LogP contribution in [0.3, 0.4) is 0 Å². The molecule has 0 saturated carbocycles. The van der Waals surface area contributed by atoms with Crippen LogP contribution in [-0.4, -0.2) is 39.3 Å². The van der Waals surface area contributed by atoms with Gasteiger partial charge in [0.2, 0.25) is 0 Å². The second-order valence-electron chi connectivity index (χ2n) is 6.31. The second-order valence-corrected chi connectivity index (χ2v) is 6.31. The van der Waals surface area contributed by atoms with Crippen LogP contribution < -0.4 is 4.74 Å². The fourth-order valence-corrected chi connectivity index (χ4v) is 3.23. The number of aromatic nitrogens is 2. The van der Waals surface area contributed by atoms with Gasteiger partial charge in [0.05, 0.1) is 24.2 Å². The van der Waals surface area contributed by atoms with Gasteiger partial charge in [-0.25, -0.2) is 0 Å². The predicted molar refractivity (Wildman–Crippen MR) is 92.8 cm³/mol. The minimum absolute atomic E-state index is 0.0146. The number of rotatable bonds is 5. The molecule has 130 valence electrons. The van der Waals surface area contributed by atoms with Crippen molar-refractivity contribution in [3.63, 3.8) is 0 Å². The van der Waals surface area contributed by atoms with Crippen molar-refractivity contribution in [1.29, 1.82) is 5.26 Å². The number of piperidine rings is 1. The zero-order valence-corrected chi connectivity index (χ0v) is 14.3. The minimum atomic E-state index is -0.591. The summed E-state index contributed by atoms with van der Waals surface area (Å²) in [5.41, 5.74) is 0.520. The third-order valence-corrected chi connectivity index (χ3v) is 4.49. The second kappa shape index (κ2) is 7.84. The highest BCUT2D eigenvalue weighted by Gasteiger charge is 2.31. The van der Waals surface area contributed by atoms with Crippen LogP contribution in [0.5, 0.6) is 5.75 Å². The maximum atomic E-state index is 12.9. The molecule has 1 saturated heterocycles. The Labute approximate surface area is 147 Å². The van der Waals surface area contributed by atoms with Gasteiger partial charge in [0, 0.05) is 18.9 Å². The fourth-order valence-electron chi connectivity index (χ4n) is 3.23. The lowest BCUT2D eigenvalue weighted by atomic mass is 10.0. The smallest absolute Gasteiger partial charge is 0.263 e. The van der Waals surface area contributed by atoms with Gasteiger partial charge in [-0.2, -0.15) is 10.4 Å². The van der Waals surface area contributed by atoms with Gasteiger partial charge in [-0.3, -0.25) is 9.48 Å². The fraction of sp³-hybridized carbons (Fsp3) is 0.421. The monoisotopic (exact) mass is 338 g/mol. The number of benzene rings is 1. The first-order valence-electron chi connectivity index (χ1n) is 8.62. The molecule has 1 aliphatic rings. The first-order valence-corrected chi connectivity index (χ1v) is 8.62. The van der Waals surface area contributed by atoms with Crippen LogP contribution in [0.1, 0.15) is 31.7 Å². The first-order chi connectivity index (χ1) is 12.2. The number of nitriles is 1. The number of hydrogen-bond donors (Lipinski definition) is 0. The van der Waals surface area contributed by atoms with Crippen molar-refractivity contribution in [3.8, 4) is 11.8 Å². The van der Waals surface area contributed by atoms with Gasteiger partial charge in [-0.05, 0) is 50.5 Å². The Kier molecular flexibility index (Phi) is 5.34. The summed E-state index contributed by atoms with van der Waals surface area (Å²) in [5.74, 6) is 0.528. The normalized spacial score (nSPS) is 18.4. The molecule has 0 unspecified atom stereocenters. The molecule has 0 spiro atoms. The molecule has 0 bridgehead atoms. The van der Waals surface area contributed by atoms with Crippen LogP contribution in [0, 0.1) is 11.3 Å². The van der Waals surface area contributed by atoms with Crippen LogP contribution >= 0.6 is 0 Å². The van der Waals surface area contributed by atoms with Gasteiger partial charge < -0.3 is 9.64 Å². The zero-order valence-electron chi connectivity index (χ0n) is 14.3. The molecular formula is C19H22N4O2. The molecule has 0 N–H and O–H groups in total. The molecule has 3 rings (SSSR count). The maximum absolute atomic E-state index is 12.9. The Morgan fingerprint density at radius 1 is 1.44 bits per heavy atom. The summed E-state index contributed by atoms with van der Waals surface area (Å²) in [4.78, 5) is 14.8. The lowest BCUT2D eigenvalue weighted by Crippen LogP contribution is -2.50. The Balaban J connectivity index is 1.67. The summed E-state index contributed by atoms with van der Waals surface area (Å²) in [6.07, 6.45) is 6.19. The van der Waals surface area contributed by atoms with E-state index < -0.39 is 6.10 Å². The van der Waals surface area contributed by atoms with E-state index in [2.05, 4.69) is 11.2 Å². The molecule has 1 fully saturated rings. The highest BCUT2D eigenvalue weighted by molar-refractivity contribution is 5.81. The summed E-state index contributed by atoms with van der Waals surface area (Å²) in [5, 5.41) is 13.2. The van der Waals surface area contributed by atoms with Gasteiger partial charge in [-0.15, -0.1) is 0 Å². The third kappa shape index (κ3) is 4.18. The Hall–Kier alpha value is -2.81. The molecule has 25 heavy (non-hydrogen) atoms. The van der Waals surface area contributed by atoms with E-state index in [1.165, 1.54) is 0 Å². The zero-order chi connectivity index (χ0) is 17.6. The van der Waals surface area contributed by atoms with E-state index in [1.807, 2.05) is 21.8 Å². The van der Waals surface area contributed by atoms with Gasteiger partial charge in [0.1, 0.15) is 5.75 Å². The van der Waals surface area contributed by atoms with Crippen LogP contribution in [0.15, 0.2) is 42.7 Å². The van der Waals surface area contributed by atoms with Crippen molar-refractivity contribution >= 4 is 5.91 Å². The maximum Gasteiger partial charge on any atom is 0.263 e. The standard InChI is InChI=1S/C19H22N4O2/c1-15(25-18-8-4-6-16(12-18)13-20)19(24)23-11-3-2-7-17(23)14-22-10-5-9-21-22/h4-6,8-10,12,15,17H,2-3,7,11,14H2,1H3/t15-,17-/m0/s1. The van der Waals surface area contributed by atoms with Gasteiger partial charge in [-0.1, -0.05) is 6.07 Å². The van der Waals surface area contributed by atoms with Crippen molar-refractivity contribution in [1.82, 2.24) is 14.7 Å². The molecule has 1 aromatic heterocycles. The summed E-state index contributed by atoms with van der Waals surface area (Å²) >= 11 is 0. The van der Waals surface area contributed by atoms with E-state index in [1.54, 1.807) is 37.4 Å². The van der Waals surface area contributed by atoms with Gasteiger partial charge >= 0.3 is 0 Å². The molecule has 1 aromatic carbocycles. The molecule has 1 aliphatic heterocycles. The molecule has 1 amide bonds. The van der Waals surface area contributed by atoms with Gasteiger partial charge in [0.25, 0.3) is 5.91 Å². The van der Waals surface area contributed by atoms with E-state index >= 15 is 0 Å². The van der Waals surface area contributed by atoms with Crippen LogP contribution in [0.2, 0.25) is 0 Å². The van der Waals surface area contributed by atoms with Gasteiger partial charge in [0.15, 0.2) is 6.10 Å². The molecule has 0 radical (unpaired) electrons. The van der Waals surface area contributed by atoms with Crippen molar-refractivity contribution in [2.45, 2.75) is 44.9 Å². The first kappa shape index (κ1) is 17.0. The average molecular weight is 338 g/mol. The number of nitrogens with zero attached hydrogens (tertiary/aromatic N) is 4. The highest BCUT2D eigenvalue weighted by atomic mass is 16.5. The number of hydrogen-bond acceptors (Lipinski definition) is 4. The highest BCUT2D eigenvalue weighted by Crippen LogP contribution is 2.21. The summed E-state index contributed by atoms with van der Waals surface area (Å²) in [6.45, 7) is 3.22. The van der Waals surface area contributed by atoms with Crippen molar-refractivity contribution in [2.24, 2.45) is 0 Å². The van der Waals surface area contributed by atoms with Crippen LogP contribution in [0.4, 0.5) is 0 Å². The topological polar surface area (TPSA) is 71.2 Å². The molecule has 0 aliphatic carbocycles. The number of ether oxygens (including phenoxy) is 1. The van der Waals surface area contributed by atoms with Crippen molar-refractivity contribution < 1.29 is 9.53 Å². The SMILES string of the molecule is C[C@H](Oc1cccc(C#N)c1)C(=O)N1CCCC[C@H]1Cn1cccn1. The predicted octanol–water partition coefficient (Wildman–Crippen LogP) is 2.60. The Morgan fingerprint density at radius 2 is 2.32 bits per heavy atom. The van der Waals surface area contributed by atoms with E-state index in [9.17, 15) is 4.79 Å². The third-order valence-electron chi connectivity index (χ3n) is 4.49. The molecular weight excluding hydrogens is 316 g/mol. The number of likely N-dealkylation sites (tertiary alicyclic amines) is 1. The Morgan fingerprint density at radius 3 is 3.08 bits per heavy atom. The quantitative estimate of drug-likeness (QED) is 0.840. The molecule has 2 aromatic rings. The van der Waals surface area contributed by atoms with E-state index in [0.29, 0.717) is 17.9 Å². The van der Waals surface area contributed by atoms with Crippen LogP contribution in [-0.2, 0) is 11.3 Å². The Bertz CT molecular complexity index is 751. The van der Waals surface area contributed by atoms with Crippen molar-refractivity contribution in [3.05, 3.63) is 48.3 Å². The number of amides is 1. The van der Waals surface area contributed by atoms with E-state index in [-0.39, 0.29) is 11.9 Å². The molecule has 2 heterocycles. The van der Waals surface area contributed by atoms with Crippen molar-refractivity contribution in [2.75, 3.05) is 6.54 Å². The van der Waals surface area contributed by atoms with E-state index in [0.717, 1.165) is 25.8 Å². The summed E-state index contributed by atoms with van der Waals surface area (Å²) in [7, 11) is 0. The summed E-state index contributed by atoms with van der Waals surface area (Å²) < 4.78 is 7.66. The molecule has 6 heteroatoms. The van der Waals surface area contributed by atoms with Crippen LogP contribution in [0.25, 0.3) is 0 Å². The lowest BCUT2D eigenvalue weighted by Gasteiger charge is -2.37. The molecule has 2 atom stereocenters. The molecule has 6 nitrogen and oxygen atoms in total. The number of carbonyl (C=O) groups is 1. The van der Waals surface area contributed by atoms with E-state index in [4.69, 9.17) is 10.00 Å². The number of carbonyl (C=O) groups excluding carboxylic acids is 1. The summed E-state index contributed by atoms with van der Waals surface area (Å²) in [6, 6.07) is 11.0. The minimum Gasteiger partial charge on any atom is -0.481 e. The largest absolute Gasteiger partial charge is 0.481 e. The lowest BCUT2D eigenvalue weighted by molar-refractivity contribution is -0.142. The average Bonchev–Trinajstić information content (AvgIpc) is 3.15.